The van der Waals surface area contributed by atoms with Crippen molar-refractivity contribution < 1.29 is 19.4 Å². The molecule has 4 rings (SSSR count). The van der Waals surface area contributed by atoms with Gasteiger partial charge in [-0.05, 0) is 43.7 Å². The van der Waals surface area contributed by atoms with Crippen LogP contribution in [0.15, 0.2) is 48.5 Å². The summed E-state index contributed by atoms with van der Waals surface area (Å²) in [5, 5.41) is 9.45. The minimum absolute atomic E-state index is 0.320. The first-order valence-electron chi connectivity index (χ1n) is 8.98. The Hall–Kier alpha value is -3.21. The molecule has 0 unspecified atom stereocenters. The molecule has 2 heterocycles. The molecule has 1 N–H and O–H groups in total. The van der Waals surface area contributed by atoms with Crippen molar-refractivity contribution in [3.8, 4) is 28.3 Å². The predicted octanol–water partition coefficient (Wildman–Crippen LogP) is 4.62. The van der Waals surface area contributed by atoms with Gasteiger partial charge in [0.05, 0.1) is 24.5 Å². The number of carboxylic acid groups (broad SMARTS) is 1. The molecule has 0 saturated carbocycles. The molecule has 138 valence electrons. The summed E-state index contributed by atoms with van der Waals surface area (Å²) in [6.07, 6.45) is 0.861. The zero-order chi connectivity index (χ0) is 19.0. The number of aryl methyl sites for hydroxylation is 1. The number of para-hydroxylation sites is 1. The average Bonchev–Trinajstić information content (AvgIpc) is 2.83. The quantitative estimate of drug-likeness (QED) is 0.738. The molecule has 0 atom stereocenters. The van der Waals surface area contributed by atoms with Gasteiger partial charge >= 0.3 is 5.97 Å². The minimum Gasteiger partial charge on any atom is -0.490 e. The minimum atomic E-state index is -0.914. The molecule has 0 spiro atoms. The van der Waals surface area contributed by atoms with E-state index in [4.69, 9.17) is 9.47 Å². The Balaban J connectivity index is 1.86. The third-order valence-corrected chi connectivity index (χ3v) is 4.87. The van der Waals surface area contributed by atoms with Crippen molar-refractivity contribution in [3.05, 3.63) is 65.5 Å². The van der Waals surface area contributed by atoms with Gasteiger partial charge in [0.25, 0.3) is 0 Å². The number of fused-ring (bicyclic) bond motifs is 1. The summed E-state index contributed by atoms with van der Waals surface area (Å²) < 4.78 is 13.5. The number of aromatic nitrogens is 1. The summed E-state index contributed by atoms with van der Waals surface area (Å²) in [6.45, 7) is 5.05. The lowest BCUT2D eigenvalue weighted by Crippen LogP contribution is -2.04. The van der Waals surface area contributed by atoms with E-state index in [0.29, 0.717) is 24.5 Å². The zero-order valence-corrected chi connectivity index (χ0v) is 15.4. The Kier molecular flexibility index (Phi) is 4.36. The summed E-state index contributed by atoms with van der Waals surface area (Å²) in [6, 6.07) is 15.6. The van der Waals surface area contributed by atoms with Gasteiger partial charge < -0.3 is 19.1 Å². The first-order valence-corrected chi connectivity index (χ1v) is 8.98. The summed E-state index contributed by atoms with van der Waals surface area (Å²) in [5.74, 6) is 0.588. The molecule has 27 heavy (non-hydrogen) atoms. The fourth-order valence-electron chi connectivity index (χ4n) is 3.59. The first kappa shape index (κ1) is 17.2. The Labute approximate surface area is 157 Å². The Morgan fingerprint density at radius 1 is 1.00 bits per heavy atom. The van der Waals surface area contributed by atoms with Gasteiger partial charge in [-0.3, -0.25) is 0 Å². The van der Waals surface area contributed by atoms with Gasteiger partial charge in [0.1, 0.15) is 0 Å². The molecule has 1 aliphatic rings. The van der Waals surface area contributed by atoms with Gasteiger partial charge in [0.2, 0.25) is 0 Å². The average molecular weight is 363 g/mol. The van der Waals surface area contributed by atoms with E-state index in [-0.39, 0.29) is 0 Å². The fraction of sp³-hybridized carbons (Fsp3) is 0.227. The Morgan fingerprint density at radius 2 is 1.74 bits per heavy atom. The van der Waals surface area contributed by atoms with Crippen molar-refractivity contribution in [2.45, 2.75) is 20.3 Å². The maximum absolute atomic E-state index is 11.5. The summed E-state index contributed by atoms with van der Waals surface area (Å²) in [5.41, 5.74) is 4.86. The third-order valence-electron chi connectivity index (χ3n) is 4.87. The standard InChI is InChI=1S/C22H21NO4/c1-14-12-18(22(24)25)15(2)23(14)19-7-4-3-6-17(19)16-8-9-20-21(13-16)27-11-5-10-26-20/h3-4,6-9,12-13H,5,10-11H2,1-2H3,(H,24,25). The summed E-state index contributed by atoms with van der Waals surface area (Å²) in [7, 11) is 0. The van der Waals surface area contributed by atoms with Crippen LogP contribution >= 0.6 is 0 Å². The largest absolute Gasteiger partial charge is 0.490 e. The highest BCUT2D eigenvalue weighted by Crippen LogP contribution is 2.37. The lowest BCUT2D eigenvalue weighted by Gasteiger charge is -2.16. The number of carbonyl (C=O) groups is 1. The number of hydrogen-bond donors (Lipinski definition) is 1. The number of ether oxygens (including phenoxy) is 2. The van der Waals surface area contributed by atoms with Crippen molar-refractivity contribution in [3.63, 3.8) is 0 Å². The second-order valence-corrected chi connectivity index (χ2v) is 6.65. The first-order chi connectivity index (χ1) is 13.1. The monoisotopic (exact) mass is 363 g/mol. The lowest BCUT2D eigenvalue weighted by atomic mass is 10.0. The van der Waals surface area contributed by atoms with Crippen LogP contribution in [0.5, 0.6) is 11.5 Å². The highest BCUT2D eigenvalue weighted by molar-refractivity contribution is 5.90. The number of nitrogens with zero attached hydrogens (tertiary/aromatic N) is 1. The van der Waals surface area contributed by atoms with E-state index in [2.05, 4.69) is 0 Å². The third kappa shape index (κ3) is 3.05. The topological polar surface area (TPSA) is 60.7 Å². The van der Waals surface area contributed by atoms with Crippen LogP contribution in [0.2, 0.25) is 0 Å². The number of carboxylic acids is 1. The van der Waals surface area contributed by atoms with Gasteiger partial charge in [-0.2, -0.15) is 0 Å². The van der Waals surface area contributed by atoms with Crippen LogP contribution in [0.4, 0.5) is 0 Å². The van der Waals surface area contributed by atoms with Crippen molar-refractivity contribution in [1.29, 1.82) is 0 Å². The highest BCUT2D eigenvalue weighted by atomic mass is 16.5. The summed E-state index contributed by atoms with van der Waals surface area (Å²) >= 11 is 0. The predicted molar refractivity (Wildman–Crippen MR) is 103 cm³/mol. The van der Waals surface area contributed by atoms with E-state index >= 15 is 0 Å². The van der Waals surface area contributed by atoms with Crippen molar-refractivity contribution in [2.75, 3.05) is 13.2 Å². The Bertz CT molecular complexity index is 1020. The van der Waals surface area contributed by atoms with Gasteiger partial charge in [0.15, 0.2) is 11.5 Å². The smallest absolute Gasteiger partial charge is 0.337 e. The van der Waals surface area contributed by atoms with Crippen molar-refractivity contribution >= 4 is 5.97 Å². The fourth-order valence-corrected chi connectivity index (χ4v) is 3.59. The van der Waals surface area contributed by atoms with Crippen LogP contribution in [0.1, 0.15) is 28.2 Å². The molecule has 3 aromatic rings. The van der Waals surface area contributed by atoms with E-state index in [1.54, 1.807) is 6.07 Å². The van der Waals surface area contributed by atoms with Gasteiger partial charge in [0, 0.05) is 23.4 Å². The molecule has 0 bridgehead atoms. The summed E-state index contributed by atoms with van der Waals surface area (Å²) in [4.78, 5) is 11.5. The molecule has 0 radical (unpaired) electrons. The molecular formula is C22H21NO4. The van der Waals surface area contributed by atoms with Crippen LogP contribution in [-0.4, -0.2) is 28.9 Å². The second-order valence-electron chi connectivity index (χ2n) is 6.65. The number of hydrogen-bond acceptors (Lipinski definition) is 3. The van der Waals surface area contributed by atoms with E-state index in [1.807, 2.05) is 60.9 Å². The molecule has 0 amide bonds. The lowest BCUT2D eigenvalue weighted by molar-refractivity contribution is 0.0696. The highest BCUT2D eigenvalue weighted by Gasteiger charge is 2.19. The second kappa shape index (κ2) is 6.83. The number of aromatic carboxylic acids is 1. The molecule has 5 nitrogen and oxygen atoms in total. The maximum Gasteiger partial charge on any atom is 0.337 e. The molecule has 0 fully saturated rings. The zero-order valence-electron chi connectivity index (χ0n) is 15.4. The van der Waals surface area contributed by atoms with Crippen LogP contribution in [0.25, 0.3) is 16.8 Å². The van der Waals surface area contributed by atoms with E-state index in [9.17, 15) is 9.90 Å². The van der Waals surface area contributed by atoms with E-state index in [1.165, 1.54) is 0 Å². The molecule has 0 saturated heterocycles. The van der Waals surface area contributed by atoms with Crippen LogP contribution in [0.3, 0.4) is 0 Å². The van der Waals surface area contributed by atoms with Crippen LogP contribution in [0, 0.1) is 13.8 Å². The van der Waals surface area contributed by atoms with Gasteiger partial charge in [-0.25, -0.2) is 4.79 Å². The number of benzene rings is 2. The van der Waals surface area contributed by atoms with Crippen molar-refractivity contribution in [1.82, 2.24) is 4.57 Å². The van der Waals surface area contributed by atoms with Crippen LogP contribution < -0.4 is 9.47 Å². The molecule has 2 aromatic carbocycles. The molecule has 1 aliphatic heterocycles. The molecule has 1 aromatic heterocycles. The van der Waals surface area contributed by atoms with Crippen LogP contribution in [-0.2, 0) is 0 Å². The molecular weight excluding hydrogens is 342 g/mol. The maximum atomic E-state index is 11.5. The van der Waals surface area contributed by atoms with Gasteiger partial charge in [-0.1, -0.05) is 24.3 Å². The Morgan fingerprint density at radius 3 is 2.48 bits per heavy atom. The van der Waals surface area contributed by atoms with Gasteiger partial charge in [-0.15, -0.1) is 0 Å². The molecule has 0 aliphatic carbocycles. The van der Waals surface area contributed by atoms with E-state index < -0.39 is 5.97 Å². The number of rotatable bonds is 3. The normalized spacial score (nSPS) is 13.3. The SMILES string of the molecule is Cc1cc(C(=O)O)c(C)n1-c1ccccc1-c1ccc2c(c1)OCCCO2. The molecule has 5 heteroatoms. The van der Waals surface area contributed by atoms with Crippen molar-refractivity contribution in [2.24, 2.45) is 0 Å². The van der Waals surface area contributed by atoms with E-state index in [0.717, 1.165) is 40.4 Å².